The van der Waals surface area contributed by atoms with E-state index in [1.165, 1.54) is 11.9 Å². The Kier molecular flexibility index (Phi) is 6.73. The number of piperazine rings is 1. The van der Waals surface area contributed by atoms with Crippen molar-refractivity contribution < 1.29 is 9.32 Å². The number of aromatic nitrogens is 3. The van der Waals surface area contributed by atoms with Gasteiger partial charge in [-0.25, -0.2) is 4.98 Å². The van der Waals surface area contributed by atoms with E-state index >= 15 is 0 Å². The van der Waals surface area contributed by atoms with Gasteiger partial charge in [-0.2, -0.15) is 4.98 Å². The average Bonchev–Trinajstić information content (AvgIpc) is 3.27. The van der Waals surface area contributed by atoms with Crippen molar-refractivity contribution in [3.05, 3.63) is 41.9 Å². The summed E-state index contributed by atoms with van der Waals surface area (Å²) in [4.78, 5) is 28.7. The van der Waals surface area contributed by atoms with Crippen molar-refractivity contribution in [1.29, 1.82) is 0 Å². The second kappa shape index (κ2) is 10.1. The summed E-state index contributed by atoms with van der Waals surface area (Å²) >= 11 is 0. The van der Waals surface area contributed by atoms with Gasteiger partial charge in [0.05, 0.1) is 5.69 Å². The molecule has 1 amide bonds. The second-order valence-electron chi connectivity index (χ2n) is 9.30. The minimum absolute atomic E-state index is 0.00770. The van der Waals surface area contributed by atoms with Crippen LogP contribution in [-0.4, -0.2) is 76.6 Å². The molecule has 2 aromatic heterocycles. The van der Waals surface area contributed by atoms with Crippen LogP contribution in [-0.2, 0) is 11.3 Å². The Bertz CT molecular complexity index is 1110. The summed E-state index contributed by atoms with van der Waals surface area (Å²) in [5, 5.41) is 7.99. The normalized spacial score (nSPS) is 18.5. The zero-order valence-corrected chi connectivity index (χ0v) is 20.0. The zero-order chi connectivity index (χ0) is 23.5. The molecular weight excluding hydrogens is 430 g/mol. The van der Waals surface area contributed by atoms with Gasteiger partial charge in [0.15, 0.2) is 0 Å². The molecule has 2 fully saturated rings. The molecule has 0 bridgehead atoms. The van der Waals surface area contributed by atoms with E-state index in [2.05, 4.69) is 54.2 Å². The lowest BCUT2D eigenvalue weighted by Gasteiger charge is -2.34. The number of nitrogens with zero attached hydrogens (tertiary/aromatic N) is 6. The molecule has 0 unspecified atom stereocenters. The van der Waals surface area contributed by atoms with Crippen LogP contribution >= 0.6 is 0 Å². The fraction of sp³-hybridized carbons (Fsp3) is 0.520. The third kappa shape index (κ3) is 4.90. The number of anilines is 2. The fourth-order valence-corrected chi connectivity index (χ4v) is 4.96. The van der Waals surface area contributed by atoms with E-state index in [1.54, 1.807) is 0 Å². The number of carbonyl (C=O) groups is 1. The number of piperidine rings is 1. The highest BCUT2D eigenvalue weighted by Gasteiger charge is 2.27. The van der Waals surface area contributed by atoms with Gasteiger partial charge in [-0.05, 0) is 44.0 Å². The van der Waals surface area contributed by atoms with Crippen molar-refractivity contribution >= 4 is 28.5 Å². The molecule has 9 heteroatoms. The van der Waals surface area contributed by atoms with Crippen LogP contribution in [0.1, 0.15) is 31.0 Å². The van der Waals surface area contributed by atoms with Gasteiger partial charge < -0.3 is 19.6 Å². The molecule has 9 nitrogen and oxygen atoms in total. The molecule has 34 heavy (non-hydrogen) atoms. The van der Waals surface area contributed by atoms with E-state index < -0.39 is 0 Å². The van der Waals surface area contributed by atoms with Crippen LogP contribution in [0.2, 0.25) is 0 Å². The van der Waals surface area contributed by atoms with Crippen LogP contribution in [0.3, 0.4) is 0 Å². The largest absolute Gasteiger partial charge is 0.356 e. The van der Waals surface area contributed by atoms with E-state index in [0.717, 1.165) is 87.8 Å². The highest BCUT2D eigenvalue weighted by atomic mass is 16.5. The van der Waals surface area contributed by atoms with E-state index in [9.17, 15) is 4.79 Å². The summed E-state index contributed by atoms with van der Waals surface area (Å²) < 4.78 is 5.27. The number of nitrogens with one attached hydrogen (secondary N) is 1. The number of hydrogen-bond donors (Lipinski definition) is 1. The van der Waals surface area contributed by atoms with Crippen LogP contribution in [0.25, 0.3) is 11.1 Å². The number of aryl methyl sites for hydroxylation is 1. The van der Waals surface area contributed by atoms with Crippen molar-refractivity contribution in [2.75, 3.05) is 56.0 Å². The topological polar surface area (TPSA) is 90.6 Å². The molecule has 0 aliphatic carbocycles. The molecule has 5 rings (SSSR count). The number of fused-ring (bicyclic) bond motifs is 1. The maximum Gasteiger partial charge on any atom is 0.263 e. The van der Waals surface area contributed by atoms with Gasteiger partial charge in [0, 0.05) is 57.4 Å². The molecule has 180 valence electrons. The molecule has 0 saturated carbocycles. The summed E-state index contributed by atoms with van der Waals surface area (Å²) in [6.45, 7) is 12.3. The molecule has 3 aromatic rings. The van der Waals surface area contributed by atoms with Crippen molar-refractivity contribution in [2.24, 2.45) is 5.92 Å². The molecule has 0 radical (unpaired) electrons. The van der Waals surface area contributed by atoms with E-state index in [-0.39, 0.29) is 11.8 Å². The van der Waals surface area contributed by atoms with Gasteiger partial charge in [0.25, 0.3) is 5.71 Å². The first-order chi connectivity index (χ1) is 16.6. The van der Waals surface area contributed by atoms with Crippen LogP contribution < -0.4 is 10.2 Å². The number of benzene rings is 1. The van der Waals surface area contributed by atoms with Crippen LogP contribution in [0.15, 0.2) is 35.1 Å². The monoisotopic (exact) mass is 463 g/mol. The standard InChI is InChI=1S/C25H33N7O2/c1-3-30-12-14-31(15-13-30)16-19-4-6-21(7-5-19)28-24(33)20-8-10-32(11-9-20)23-22-18(2)29-34-25(22)27-17-26-23/h4-7,17,20H,3,8-16H2,1-2H3,(H,28,33). The number of carbonyl (C=O) groups excluding carboxylic acids is 1. The molecule has 1 aromatic carbocycles. The zero-order valence-electron chi connectivity index (χ0n) is 20.0. The Balaban J connectivity index is 1.12. The number of hydrogen-bond acceptors (Lipinski definition) is 8. The van der Waals surface area contributed by atoms with Gasteiger partial charge >= 0.3 is 0 Å². The molecule has 0 spiro atoms. The smallest absolute Gasteiger partial charge is 0.263 e. The summed E-state index contributed by atoms with van der Waals surface area (Å²) in [5.41, 5.74) is 3.45. The minimum Gasteiger partial charge on any atom is -0.356 e. The fourth-order valence-electron chi connectivity index (χ4n) is 4.96. The molecule has 2 saturated heterocycles. The van der Waals surface area contributed by atoms with Crippen LogP contribution in [0, 0.1) is 12.8 Å². The lowest BCUT2D eigenvalue weighted by Crippen LogP contribution is -2.45. The lowest BCUT2D eigenvalue weighted by molar-refractivity contribution is -0.120. The van der Waals surface area contributed by atoms with Crippen LogP contribution in [0.5, 0.6) is 0 Å². The van der Waals surface area contributed by atoms with Crippen molar-refractivity contribution in [3.8, 4) is 0 Å². The molecule has 2 aliphatic heterocycles. The maximum atomic E-state index is 12.9. The molecule has 1 N–H and O–H groups in total. The predicted octanol–water partition coefficient (Wildman–Crippen LogP) is 2.92. The van der Waals surface area contributed by atoms with Crippen molar-refractivity contribution in [1.82, 2.24) is 24.9 Å². The van der Waals surface area contributed by atoms with Gasteiger partial charge in [-0.1, -0.05) is 24.2 Å². The van der Waals surface area contributed by atoms with E-state index in [1.807, 2.05) is 19.1 Å². The van der Waals surface area contributed by atoms with Gasteiger partial charge in [-0.15, -0.1) is 0 Å². The number of likely N-dealkylation sites (N-methyl/N-ethyl adjacent to an activating group) is 1. The highest BCUT2D eigenvalue weighted by Crippen LogP contribution is 2.29. The quantitative estimate of drug-likeness (QED) is 0.597. The minimum atomic E-state index is -0.00770. The van der Waals surface area contributed by atoms with Crippen LogP contribution in [0.4, 0.5) is 11.5 Å². The average molecular weight is 464 g/mol. The Morgan fingerprint density at radius 3 is 2.44 bits per heavy atom. The summed E-state index contributed by atoms with van der Waals surface area (Å²) in [6.07, 6.45) is 3.07. The predicted molar refractivity (Wildman–Crippen MR) is 132 cm³/mol. The lowest BCUT2D eigenvalue weighted by atomic mass is 9.95. The molecule has 0 atom stereocenters. The summed E-state index contributed by atoms with van der Waals surface area (Å²) in [7, 11) is 0. The highest BCUT2D eigenvalue weighted by molar-refractivity contribution is 5.93. The molecular formula is C25H33N7O2. The Morgan fingerprint density at radius 1 is 1.03 bits per heavy atom. The Morgan fingerprint density at radius 2 is 1.74 bits per heavy atom. The molecule has 4 heterocycles. The first-order valence-corrected chi connectivity index (χ1v) is 12.3. The van der Waals surface area contributed by atoms with Gasteiger partial charge in [0.2, 0.25) is 5.91 Å². The first kappa shape index (κ1) is 22.7. The van der Waals surface area contributed by atoms with Gasteiger partial charge in [-0.3, -0.25) is 9.69 Å². The van der Waals surface area contributed by atoms with E-state index in [4.69, 9.17) is 4.52 Å². The number of amides is 1. The summed E-state index contributed by atoms with van der Waals surface area (Å²) in [6, 6.07) is 8.31. The second-order valence-corrected chi connectivity index (χ2v) is 9.30. The maximum absolute atomic E-state index is 12.9. The summed E-state index contributed by atoms with van der Waals surface area (Å²) in [5.74, 6) is 0.929. The molecule has 2 aliphatic rings. The van der Waals surface area contributed by atoms with Crippen molar-refractivity contribution in [3.63, 3.8) is 0 Å². The third-order valence-corrected chi connectivity index (χ3v) is 7.13. The van der Waals surface area contributed by atoms with Gasteiger partial charge in [0.1, 0.15) is 17.5 Å². The SMILES string of the molecule is CCN1CCN(Cc2ccc(NC(=O)C3CCN(c4ncnc5onc(C)c45)CC3)cc2)CC1. The first-order valence-electron chi connectivity index (χ1n) is 12.3. The van der Waals surface area contributed by atoms with E-state index in [0.29, 0.717) is 5.71 Å². The Labute approximate surface area is 200 Å². The van der Waals surface area contributed by atoms with Crippen molar-refractivity contribution in [2.45, 2.75) is 33.2 Å². The third-order valence-electron chi connectivity index (χ3n) is 7.13. The number of rotatable bonds is 6. The Hall–Kier alpha value is -3.04.